The summed E-state index contributed by atoms with van der Waals surface area (Å²) in [6.07, 6.45) is 3.07. The molecule has 2 aromatic rings. The number of likely N-dealkylation sites (tertiary alicyclic amines) is 1. The van der Waals surface area contributed by atoms with Gasteiger partial charge >= 0.3 is 0 Å². The van der Waals surface area contributed by atoms with Gasteiger partial charge in [0.15, 0.2) is 5.13 Å². The van der Waals surface area contributed by atoms with E-state index >= 15 is 0 Å². The number of carbonyl (C=O) groups is 2. The molecule has 1 saturated heterocycles. The Hall–Kier alpha value is -1.73. The van der Waals surface area contributed by atoms with Crippen LogP contribution in [0.3, 0.4) is 0 Å². The molecule has 0 unspecified atom stereocenters. The smallest absolute Gasteiger partial charge is 0.263 e. The van der Waals surface area contributed by atoms with Gasteiger partial charge in [-0.25, -0.2) is 4.98 Å². The number of nitrogens with one attached hydrogen (secondary N) is 1. The monoisotopic (exact) mass is 335 g/mol. The average molecular weight is 335 g/mol. The van der Waals surface area contributed by atoms with Crippen molar-refractivity contribution in [3.63, 3.8) is 0 Å². The Morgan fingerprint density at radius 1 is 1.32 bits per heavy atom. The molecule has 0 saturated carbocycles. The van der Waals surface area contributed by atoms with E-state index in [1.807, 2.05) is 28.7 Å². The van der Waals surface area contributed by atoms with Gasteiger partial charge in [-0.05, 0) is 36.8 Å². The third kappa shape index (κ3) is 3.36. The van der Waals surface area contributed by atoms with Crippen LogP contribution in [0.1, 0.15) is 28.1 Å². The summed E-state index contributed by atoms with van der Waals surface area (Å²) in [5.41, 5.74) is 1.12. The molecule has 1 N–H and O–H groups in total. The number of hydrogen-bond acceptors (Lipinski definition) is 5. The normalized spacial score (nSPS) is 15.8. The second-order valence-corrected chi connectivity index (χ2v) is 7.19. The van der Waals surface area contributed by atoms with Crippen LogP contribution in [0.4, 0.5) is 5.13 Å². The first-order valence-corrected chi connectivity index (χ1v) is 8.94. The second kappa shape index (κ2) is 6.58. The summed E-state index contributed by atoms with van der Waals surface area (Å²) in [6.45, 7) is 3.25. The van der Waals surface area contributed by atoms with Gasteiger partial charge in [0.1, 0.15) is 0 Å². The standard InChI is InChI=1S/C15H17N3O2S2/c1-10-8-12(22-9-10)14(20)18-5-2-11(3-6-18)13(19)17-15-16-4-7-21-15/h4,7-9,11H,2-3,5-6H2,1H3,(H,16,17,19). The number of anilines is 1. The summed E-state index contributed by atoms with van der Waals surface area (Å²) in [5, 5.41) is 7.30. The molecule has 3 heterocycles. The highest BCUT2D eigenvalue weighted by Crippen LogP contribution is 2.23. The lowest BCUT2D eigenvalue weighted by Crippen LogP contribution is -2.41. The second-order valence-electron chi connectivity index (χ2n) is 5.38. The predicted octanol–water partition coefficient (Wildman–Crippen LogP) is 3.00. The molecule has 1 aliphatic rings. The van der Waals surface area contributed by atoms with Crippen LogP contribution < -0.4 is 5.32 Å². The van der Waals surface area contributed by atoms with Crippen LogP contribution in [-0.2, 0) is 4.79 Å². The number of thiophene rings is 1. The highest BCUT2D eigenvalue weighted by atomic mass is 32.1. The molecule has 1 fully saturated rings. The predicted molar refractivity (Wildman–Crippen MR) is 88.4 cm³/mol. The summed E-state index contributed by atoms with van der Waals surface area (Å²) in [5.74, 6) is 0.0453. The van der Waals surface area contributed by atoms with Gasteiger partial charge in [0.05, 0.1) is 4.88 Å². The lowest BCUT2D eigenvalue weighted by Gasteiger charge is -2.30. The first-order valence-electron chi connectivity index (χ1n) is 7.18. The SMILES string of the molecule is Cc1csc(C(=O)N2CCC(C(=O)Nc3nccs3)CC2)c1. The van der Waals surface area contributed by atoms with Gasteiger partial charge in [0.2, 0.25) is 5.91 Å². The van der Waals surface area contributed by atoms with Gasteiger partial charge in [-0.3, -0.25) is 9.59 Å². The molecule has 0 radical (unpaired) electrons. The molecule has 7 heteroatoms. The highest BCUT2D eigenvalue weighted by Gasteiger charge is 2.28. The Morgan fingerprint density at radius 3 is 2.68 bits per heavy atom. The topological polar surface area (TPSA) is 62.3 Å². The van der Waals surface area contributed by atoms with Crippen LogP contribution in [0.15, 0.2) is 23.0 Å². The number of aryl methyl sites for hydroxylation is 1. The largest absolute Gasteiger partial charge is 0.338 e. The minimum atomic E-state index is -0.0435. The van der Waals surface area contributed by atoms with Crippen LogP contribution in [0, 0.1) is 12.8 Å². The number of thiazole rings is 1. The van der Waals surface area contributed by atoms with E-state index in [1.54, 1.807) is 6.20 Å². The molecule has 0 atom stereocenters. The first-order chi connectivity index (χ1) is 10.6. The van der Waals surface area contributed by atoms with Gasteiger partial charge in [-0.15, -0.1) is 22.7 Å². The van der Waals surface area contributed by atoms with Crippen LogP contribution >= 0.6 is 22.7 Å². The molecule has 0 bridgehead atoms. The van der Waals surface area contributed by atoms with Crippen molar-refractivity contribution in [1.29, 1.82) is 0 Å². The number of rotatable bonds is 3. The first kappa shape index (κ1) is 15.2. The minimum Gasteiger partial charge on any atom is -0.338 e. The number of piperidine rings is 1. The summed E-state index contributed by atoms with van der Waals surface area (Å²) < 4.78 is 0. The van der Waals surface area contributed by atoms with Crippen molar-refractivity contribution >= 4 is 39.6 Å². The lowest BCUT2D eigenvalue weighted by molar-refractivity contribution is -0.121. The summed E-state index contributed by atoms with van der Waals surface area (Å²) in [6, 6.07) is 1.92. The van der Waals surface area contributed by atoms with E-state index in [2.05, 4.69) is 10.3 Å². The maximum atomic E-state index is 12.4. The van der Waals surface area contributed by atoms with Crippen LogP contribution in [0.2, 0.25) is 0 Å². The summed E-state index contributed by atoms with van der Waals surface area (Å²) >= 11 is 2.90. The Balaban J connectivity index is 1.54. The third-order valence-corrected chi connectivity index (χ3v) is 5.48. The zero-order chi connectivity index (χ0) is 15.5. The maximum Gasteiger partial charge on any atom is 0.263 e. The summed E-state index contributed by atoms with van der Waals surface area (Å²) in [4.78, 5) is 31.2. The van der Waals surface area contributed by atoms with E-state index < -0.39 is 0 Å². The molecule has 0 spiro atoms. The van der Waals surface area contributed by atoms with E-state index in [4.69, 9.17) is 0 Å². The maximum absolute atomic E-state index is 12.4. The molecule has 0 aromatic carbocycles. The Kier molecular flexibility index (Phi) is 4.54. The van der Waals surface area contributed by atoms with Gasteiger partial charge in [-0.2, -0.15) is 0 Å². The molecule has 2 amide bonds. The van der Waals surface area contributed by atoms with Crippen LogP contribution in [0.5, 0.6) is 0 Å². The van der Waals surface area contributed by atoms with Crippen LogP contribution in [-0.4, -0.2) is 34.8 Å². The fourth-order valence-electron chi connectivity index (χ4n) is 2.54. The Morgan fingerprint density at radius 2 is 2.09 bits per heavy atom. The van der Waals surface area contributed by atoms with Crippen LogP contribution in [0.25, 0.3) is 0 Å². The molecule has 0 aliphatic carbocycles. The number of amides is 2. The average Bonchev–Trinajstić information content (AvgIpc) is 3.18. The Bertz CT molecular complexity index is 658. The summed E-state index contributed by atoms with van der Waals surface area (Å²) in [7, 11) is 0. The zero-order valence-electron chi connectivity index (χ0n) is 12.2. The van der Waals surface area contributed by atoms with E-state index in [9.17, 15) is 9.59 Å². The van der Waals surface area contributed by atoms with Crippen molar-refractivity contribution in [2.75, 3.05) is 18.4 Å². The quantitative estimate of drug-likeness (QED) is 0.938. The van der Waals surface area contributed by atoms with Crippen molar-refractivity contribution in [2.24, 2.45) is 5.92 Å². The van der Waals surface area contributed by atoms with E-state index in [-0.39, 0.29) is 17.7 Å². The fourth-order valence-corrected chi connectivity index (χ4v) is 3.93. The van der Waals surface area contributed by atoms with Crippen molar-refractivity contribution < 1.29 is 9.59 Å². The molecule has 22 heavy (non-hydrogen) atoms. The zero-order valence-corrected chi connectivity index (χ0v) is 13.9. The third-order valence-electron chi connectivity index (χ3n) is 3.76. The van der Waals surface area contributed by atoms with Gasteiger partial charge in [0, 0.05) is 30.6 Å². The van der Waals surface area contributed by atoms with E-state index in [1.165, 1.54) is 22.7 Å². The highest BCUT2D eigenvalue weighted by molar-refractivity contribution is 7.13. The molecular weight excluding hydrogens is 318 g/mol. The van der Waals surface area contributed by atoms with Crippen molar-refractivity contribution in [2.45, 2.75) is 19.8 Å². The van der Waals surface area contributed by atoms with Crippen molar-refractivity contribution in [3.8, 4) is 0 Å². The van der Waals surface area contributed by atoms with Gasteiger partial charge in [-0.1, -0.05) is 0 Å². The van der Waals surface area contributed by atoms with Gasteiger partial charge < -0.3 is 10.2 Å². The van der Waals surface area contributed by atoms with Gasteiger partial charge in [0.25, 0.3) is 5.91 Å². The number of hydrogen-bond donors (Lipinski definition) is 1. The van der Waals surface area contributed by atoms with E-state index in [0.29, 0.717) is 31.1 Å². The van der Waals surface area contributed by atoms with E-state index in [0.717, 1.165) is 10.4 Å². The molecule has 5 nitrogen and oxygen atoms in total. The van der Waals surface area contributed by atoms with Crippen molar-refractivity contribution in [1.82, 2.24) is 9.88 Å². The Labute approximate surface area is 137 Å². The van der Waals surface area contributed by atoms with Crippen molar-refractivity contribution in [3.05, 3.63) is 33.5 Å². The number of aromatic nitrogens is 1. The molecule has 116 valence electrons. The fraction of sp³-hybridized carbons (Fsp3) is 0.400. The number of carbonyl (C=O) groups excluding carboxylic acids is 2. The lowest BCUT2D eigenvalue weighted by atomic mass is 9.96. The number of nitrogens with zero attached hydrogens (tertiary/aromatic N) is 2. The molecular formula is C15H17N3O2S2. The molecule has 3 rings (SSSR count). The molecule has 1 aliphatic heterocycles. The minimum absolute atomic E-state index is 0.00835. The molecule has 2 aromatic heterocycles.